The topological polar surface area (TPSA) is 115 Å². The molecule has 0 spiro atoms. The van der Waals surface area contributed by atoms with Crippen molar-refractivity contribution >= 4 is 7.82 Å². The van der Waals surface area contributed by atoms with E-state index in [0.29, 0.717) is 6.61 Å². The van der Waals surface area contributed by atoms with Crippen molar-refractivity contribution in [1.82, 2.24) is 0 Å². The van der Waals surface area contributed by atoms with E-state index in [0.717, 1.165) is 19.3 Å². The maximum atomic E-state index is 11.5. The molecule has 2 aliphatic heterocycles. The monoisotopic (exact) mass is 438 g/mol. The van der Waals surface area contributed by atoms with Crippen LogP contribution in [-0.2, 0) is 23.1 Å². The van der Waals surface area contributed by atoms with E-state index >= 15 is 0 Å². The Labute approximate surface area is 174 Å². The molecule has 0 aromatic rings. The predicted octanol–water partition coefficient (Wildman–Crippen LogP) is 3.67. The van der Waals surface area contributed by atoms with E-state index in [4.69, 9.17) is 18.5 Å². The maximum Gasteiger partial charge on any atom is 0.472 e. The number of rotatable bonds is 14. The second-order valence-electron chi connectivity index (χ2n) is 8.12. The minimum Gasteiger partial charge on any atom is -0.387 e. The molecular weight excluding hydrogens is 399 g/mol. The summed E-state index contributed by atoms with van der Waals surface area (Å²) in [6.45, 7) is 2.47. The highest BCUT2D eigenvalue weighted by molar-refractivity contribution is 7.47. The van der Waals surface area contributed by atoms with Crippen molar-refractivity contribution in [3.63, 3.8) is 0 Å². The molecule has 0 amide bonds. The Kier molecular flexibility index (Phi) is 11.6. The molecular formula is C20H39O8P. The average Bonchev–Trinajstić information content (AvgIpc) is 2.69. The van der Waals surface area contributed by atoms with E-state index in [1.165, 1.54) is 57.8 Å². The van der Waals surface area contributed by atoms with Crippen LogP contribution in [0.25, 0.3) is 0 Å². The minimum atomic E-state index is -4.20. The Morgan fingerprint density at radius 2 is 1.45 bits per heavy atom. The quantitative estimate of drug-likeness (QED) is 0.278. The summed E-state index contributed by atoms with van der Waals surface area (Å²) in [5.41, 5.74) is 0. The van der Waals surface area contributed by atoms with E-state index in [2.05, 4.69) is 6.92 Å². The van der Waals surface area contributed by atoms with Crippen LogP contribution in [0.4, 0.5) is 0 Å². The molecule has 172 valence electrons. The number of aliphatic hydroxyl groups excluding tert-OH is 2. The fourth-order valence-electron chi connectivity index (χ4n) is 3.80. The zero-order chi connectivity index (χ0) is 21.1. The first-order valence-electron chi connectivity index (χ1n) is 11.2. The van der Waals surface area contributed by atoms with Crippen LogP contribution in [0, 0.1) is 0 Å². The van der Waals surface area contributed by atoms with Crippen LogP contribution in [0.3, 0.4) is 0 Å². The molecule has 6 atom stereocenters. The summed E-state index contributed by atoms with van der Waals surface area (Å²) in [7, 11) is -4.20. The van der Waals surface area contributed by atoms with Crippen LogP contribution < -0.4 is 0 Å². The van der Waals surface area contributed by atoms with Gasteiger partial charge in [-0.25, -0.2) is 4.57 Å². The number of unbranched alkanes of at least 4 members (excludes halogenated alkanes) is 11. The summed E-state index contributed by atoms with van der Waals surface area (Å²) >= 11 is 0. The molecule has 29 heavy (non-hydrogen) atoms. The van der Waals surface area contributed by atoms with E-state index in [1.807, 2.05) is 0 Å². The molecule has 0 bridgehead atoms. The van der Waals surface area contributed by atoms with Crippen LogP contribution in [-0.4, -0.2) is 59.0 Å². The van der Waals surface area contributed by atoms with Gasteiger partial charge in [0.05, 0.1) is 6.61 Å². The third kappa shape index (κ3) is 8.91. The molecule has 2 saturated heterocycles. The molecule has 2 fully saturated rings. The molecule has 9 heteroatoms. The lowest BCUT2D eigenvalue weighted by molar-refractivity contribution is -0.305. The number of hydrogen-bond donors (Lipinski definition) is 3. The van der Waals surface area contributed by atoms with Crippen molar-refractivity contribution in [3.05, 3.63) is 0 Å². The van der Waals surface area contributed by atoms with Crippen LogP contribution in [0.5, 0.6) is 0 Å². The molecule has 1 unspecified atom stereocenters. The summed E-state index contributed by atoms with van der Waals surface area (Å²) in [6.07, 6.45) is 9.42. The van der Waals surface area contributed by atoms with E-state index in [9.17, 15) is 19.7 Å². The van der Waals surface area contributed by atoms with Crippen molar-refractivity contribution in [3.8, 4) is 0 Å². The number of phosphoric ester groups is 1. The van der Waals surface area contributed by atoms with Gasteiger partial charge in [0.2, 0.25) is 0 Å². The van der Waals surface area contributed by atoms with Gasteiger partial charge in [-0.3, -0.25) is 9.05 Å². The van der Waals surface area contributed by atoms with Crippen LogP contribution >= 0.6 is 7.82 Å². The Balaban J connectivity index is 1.49. The van der Waals surface area contributed by atoms with Gasteiger partial charge in [0.1, 0.15) is 24.4 Å². The Bertz CT molecular complexity index is 489. The summed E-state index contributed by atoms with van der Waals surface area (Å²) < 4.78 is 32.1. The fraction of sp³-hybridized carbons (Fsp3) is 1.00. The maximum absolute atomic E-state index is 11.5. The summed E-state index contributed by atoms with van der Waals surface area (Å²) in [6, 6.07) is 0. The van der Waals surface area contributed by atoms with Gasteiger partial charge in [-0.05, 0) is 6.42 Å². The Morgan fingerprint density at radius 3 is 2.03 bits per heavy atom. The normalized spacial score (nSPS) is 34.8. The standard InChI is InChI=1S/C20H39O8P/c1-2-3-4-5-6-7-8-9-10-11-12-13-14-25-20-18(22)17(21)19-16(27-20)15-26-29(23,24)28-19/h16-22H,2-15H2,1H3,(H,23,24)/t16-,17-,18-,19-,20-/m1/s1. The largest absolute Gasteiger partial charge is 0.472 e. The van der Waals surface area contributed by atoms with Crippen molar-refractivity contribution in [2.75, 3.05) is 13.2 Å². The molecule has 0 aromatic heterocycles. The summed E-state index contributed by atoms with van der Waals surface area (Å²) in [5, 5.41) is 20.3. The SMILES string of the molecule is CCCCCCCCCCCCCCO[C@@H]1O[C@@H]2COP(=O)(O)O[C@H]2[C@H](O)[C@H]1O. The van der Waals surface area contributed by atoms with E-state index in [1.54, 1.807) is 0 Å². The van der Waals surface area contributed by atoms with Gasteiger partial charge >= 0.3 is 7.82 Å². The molecule has 0 saturated carbocycles. The molecule has 2 heterocycles. The lowest BCUT2D eigenvalue weighted by Crippen LogP contribution is -2.61. The van der Waals surface area contributed by atoms with Crippen molar-refractivity contribution in [2.45, 2.75) is 115 Å². The molecule has 2 rings (SSSR count). The number of fused-ring (bicyclic) bond motifs is 1. The number of hydrogen-bond acceptors (Lipinski definition) is 7. The first-order chi connectivity index (χ1) is 13.9. The summed E-state index contributed by atoms with van der Waals surface area (Å²) in [4.78, 5) is 9.35. The number of ether oxygens (including phenoxy) is 2. The molecule has 0 radical (unpaired) electrons. The highest BCUT2D eigenvalue weighted by atomic mass is 31.2. The van der Waals surface area contributed by atoms with Gasteiger partial charge in [-0.2, -0.15) is 0 Å². The van der Waals surface area contributed by atoms with Gasteiger partial charge in [-0.15, -0.1) is 0 Å². The minimum absolute atomic E-state index is 0.194. The number of phosphoric acid groups is 1. The average molecular weight is 438 g/mol. The molecule has 8 nitrogen and oxygen atoms in total. The second-order valence-corrected chi connectivity index (χ2v) is 9.52. The highest BCUT2D eigenvalue weighted by Gasteiger charge is 2.51. The van der Waals surface area contributed by atoms with Gasteiger partial charge in [0, 0.05) is 6.61 Å². The van der Waals surface area contributed by atoms with E-state index in [-0.39, 0.29) is 6.61 Å². The lowest BCUT2D eigenvalue weighted by atomic mass is 9.99. The third-order valence-corrected chi connectivity index (χ3v) is 6.56. The zero-order valence-electron chi connectivity index (χ0n) is 17.6. The molecule has 3 N–H and O–H groups in total. The molecule has 2 aliphatic rings. The number of aliphatic hydroxyl groups is 2. The van der Waals surface area contributed by atoms with Gasteiger partial charge in [0.25, 0.3) is 0 Å². The molecule has 0 aromatic carbocycles. The Morgan fingerprint density at radius 1 is 0.897 bits per heavy atom. The molecule has 0 aliphatic carbocycles. The van der Waals surface area contributed by atoms with Gasteiger partial charge in [-0.1, -0.05) is 77.6 Å². The van der Waals surface area contributed by atoms with Crippen molar-refractivity contribution in [1.29, 1.82) is 0 Å². The van der Waals surface area contributed by atoms with Gasteiger partial charge < -0.3 is 24.6 Å². The lowest BCUT2D eigenvalue weighted by Gasteiger charge is -2.44. The zero-order valence-corrected chi connectivity index (χ0v) is 18.5. The first-order valence-corrected chi connectivity index (χ1v) is 12.7. The van der Waals surface area contributed by atoms with Crippen molar-refractivity contribution in [2.24, 2.45) is 0 Å². The van der Waals surface area contributed by atoms with Crippen LogP contribution in [0.1, 0.15) is 84.0 Å². The fourth-order valence-corrected chi connectivity index (χ4v) is 4.77. The van der Waals surface area contributed by atoms with Crippen LogP contribution in [0.2, 0.25) is 0 Å². The first kappa shape index (κ1) is 25.2. The summed E-state index contributed by atoms with van der Waals surface area (Å²) in [5.74, 6) is 0. The Hall–Kier alpha value is -0.0500. The van der Waals surface area contributed by atoms with Crippen LogP contribution in [0.15, 0.2) is 0 Å². The predicted molar refractivity (Wildman–Crippen MR) is 108 cm³/mol. The van der Waals surface area contributed by atoms with Gasteiger partial charge in [0.15, 0.2) is 6.29 Å². The van der Waals surface area contributed by atoms with Crippen molar-refractivity contribution < 1.29 is 38.2 Å². The highest BCUT2D eigenvalue weighted by Crippen LogP contribution is 2.50. The van der Waals surface area contributed by atoms with E-state index < -0.39 is 38.5 Å². The second kappa shape index (κ2) is 13.4. The third-order valence-electron chi connectivity index (χ3n) is 5.58. The smallest absolute Gasteiger partial charge is 0.387 e.